The van der Waals surface area contributed by atoms with Crippen LogP contribution in [0.3, 0.4) is 0 Å². The van der Waals surface area contributed by atoms with Crippen molar-refractivity contribution in [2.75, 3.05) is 5.32 Å². The summed E-state index contributed by atoms with van der Waals surface area (Å²) in [5.41, 5.74) is 2.52. The van der Waals surface area contributed by atoms with Crippen LogP contribution in [0.2, 0.25) is 18.1 Å². The molecule has 0 spiro atoms. The van der Waals surface area contributed by atoms with Crippen LogP contribution in [0.25, 0.3) is 0 Å². The van der Waals surface area contributed by atoms with E-state index in [0.29, 0.717) is 11.6 Å². The molecule has 1 atom stereocenters. The van der Waals surface area contributed by atoms with E-state index >= 15 is 0 Å². The topological polar surface area (TPSA) is 60.5 Å². The number of amides is 1. The van der Waals surface area contributed by atoms with Crippen molar-refractivity contribution in [1.29, 1.82) is 0 Å². The Morgan fingerprint density at radius 2 is 1.90 bits per heavy atom. The molecular weight excluding hydrogens is 380 g/mol. The summed E-state index contributed by atoms with van der Waals surface area (Å²) in [6.45, 7) is 11.5. The number of carbonyl (C=O) groups is 1. The highest BCUT2D eigenvalue weighted by atomic mass is 28.4. The van der Waals surface area contributed by atoms with Gasteiger partial charge >= 0.3 is 6.09 Å². The summed E-state index contributed by atoms with van der Waals surface area (Å²) < 4.78 is 12.0. The van der Waals surface area contributed by atoms with Gasteiger partial charge in [0, 0.05) is 11.9 Å². The van der Waals surface area contributed by atoms with Crippen molar-refractivity contribution >= 4 is 20.1 Å². The van der Waals surface area contributed by atoms with E-state index in [1.165, 1.54) is 0 Å². The lowest BCUT2D eigenvalue weighted by atomic mass is 10.1. The van der Waals surface area contributed by atoms with Crippen LogP contribution in [0, 0.1) is 5.92 Å². The number of anilines is 1. The van der Waals surface area contributed by atoms with Gasteiger partial charge in [-0.05, 0) is 54.6 Å². The van der Waals surface area contributed by atoms with Crippen LogP contribution in [0.15, 0.2) is 48.7 Å². The fourth-order valence-electron chi connectivity index (χ4n) is 2.85. The summed E-state index contributed by atoms with van der Waals surface area (Å²) in [4.78, 5) is 16.8. The Balaban J connectivity index is 1.66. The van der Waals surface area contributed by atoms with E-state index in [-0.39, 0.29) is 17.7 Å². The van der Waals surface area contributed by atoms with Crippen molar-refractivity contribution in [2.24, 2.45) is 5.92 Å². The zero-order valence-electron chi connectivity index (χ0n) is 18.1. The molecule has 156 valence electrons. The minimum atomic E-state index is -1.93. The van der Waals surface area contributed by atoms with Crippen LogP contribution in [-0.2, 0) is 15.8 Å². The lowest BCUT2D eigenvalue weighted by Crippen LogP contribution is -2.42. The Hall–Kier alpha value is -2.18. The number of benzene rings is 1. The second-order valence-corrected chi connectivity index (χ2v) is 14.0. The average molecular weight is 413 g/mol. The molecule has 1 aromatic heterocycles. The first-order valence-corrected chi connectivity index (χ1v) is 13.2. The molecule has 6 heteroatoms. The third-order valence-corrected chi connectivity index (χ3v) is 10.3. The van der Waals surface area contributed by atoms with Gasteiger partial charge in [0.25, 0.3) is 0 Å². The Bertz CT molecular complexity index is 830. The Morgan fingerprint density at radius 3 is 2.52 bits per heavy atom. The van der Waals surface area contributed by atoms with E-state index < -0.39 is 14.4 Å². The van der Waals surface area contributed by atoms with Gasteiger partial charge in [-0.25, -0.2) is 4.79 Å². The van der Waals surface area contributed by atoms with Gasteiger partial charge in [0.15, 0.2) is 8.32 Å². The number of carbonyl (C=O) groups excluding carboxylic acids is 1. The molecule has 1 N–H and O–H groups in total. The molecule has 1 aromatic carbocycles. The van der Waals surface area contributed by atoms with E-state index in [2.05, 4.69) is 44.2 Å². The molecule has 5 nitrogen and oxygen atoms in total. The lowest BCUT2D eigenvalue weighted by molar-refractivity contribution is 0.154. The fraction of sp³-hybridized carbons (Fsp3) is 0.478. The van der Waals surface area contributed by atoms with Crippen molar-refractivity contribution in [3.05, 3.63) is 59.9 Å². The number of hydrogen-bond donors (Lipinski definition) is 1. The molecule has 1 heterocycles. The van der Waals surface area contributed by atoms with Crippen LogP contribution in [0.1, 0.15) is 51.0 Å². The second-order valence-electron chi connectivity index (χ2n) is 9.29. The zero-order valence-corrected chi connectivity index (χ0v) is 19.1. The van der Waals surface area contributed by atoms with Crippen molar-refractivity contribution in [3.63, 3.8) is 0 Å². The first-order valence-electron chi connectivity index (χ1n) is 10.3. The molecule has 0 bridgehead atoms. The maximum atomic E-state index is 12.2. The van der Waals surface area contributed by atoms with Crippen molar-refractivity contribution in [3.8, 4) is 0 Å². The van der Waals surface area contributed by atoms with Crippen LogP contribution < -0.4 is 5.32 Å². The van der Waals surface area contributed by atoms with E-state index in [1.807, 2.05) is 36.4 Å². The van der Waals surface area contributed by atoms with Gasteiger partial charge in [0.2, 0.25) is 0 Å². The van der Waals surface area contributed by atoms with E-state index in [9.17, 15) is 4.79 Å². The number of aromatic nitrogens is 1. The fourth-order valence-corrected chi connectivity index (χ4v) is 4.15. The van der Waals surface area contributed by atoms with E-state index in [0.717, 1.165) is 24.1 Å². The van der Waals surface area contributed by atoms with Gasteiger partial charge < -0.3 is 9.16 Å². The van der Waals surface area contributed by atoms with Gasteiger partial charge in [-0.3, -0.25) is 10.3 Å². The summed E-state index contributed by atoms with van der Waals surface area (Å²) in [5.74, 6) is 0.511. The average Bonchev–Trinajstić information content (AvgIpc) is 3.50. The predicted octanol–water partition coefficient (Wildman–Crippen LogP) is 6.30. The highest BCUT2D eigenvalue weighted by Gasteiger charge is 2.44. The Labute approximate surface area is 175 Å². The molecule has 1 amide bonds. The van der Waals surface area contributed by atoms with Gasteiger partial charge in [0.1, 0.15) is 6.61 Å². The van der Waals surface area contributed by atoms with Gasteiger partial charge in [-0.1, -0.05) is 51.1 Å². The summed E-state index contributed by atoms with van der Waals surface area (Å²) in [6, 6.07) is 13.3. The molecule has 0 radical (unpaired) electrons. The highest BCUT2D eigenvalue weighted by molar-refractivity contribution is 6.74. The maximum Gasteiger partial charge on any atom is 0.411 e. The molecule has 1 saturated carbocycles. The Kier molecular flexibility index (Phi) is 6.44. The molecule has 0 aliphatic heterocycles. The molecule has 1 aliphatic carbocycles. The molecular formula is C23H32N2O3Si. The molecule has 1 fully saturated rings. The van der Waals surface area contributed by atoms with E-state index in [4.69, 9.17) is 9.16 Å². The second kappa shape index (κ2) is 8.67. The normalized spacial score (nSPS) is 15.6. The standard InChI is InChI=1S/C23H32N2O3Si/c1-23(2,3)29(4,5)28-21(18-11-12-18)20-15-19(13-14-24-20)25-22(26)27-16-17-9-7-6-8-10-17/h6-10,13-15,18,21H,11-12,16H2,1-5H3,(H,24,25,26). The first-order chi connectivity index (χ1) is 13.7. The first kappa shape index (κ1) is 21.5. The summed E-state index contributed by atoms with van der Waals surface area (Å²) >= 11 is 0. The predicted molar refractivity (Wildman–Crippen MR) is 118 cm³/mol. The van der Waals surface area contributed by atoms with Crippen LogP contribution in [0.4, 0.5) is 10.5 Å². The molecule has 2 aromatic rings. The molecule has 29 heavy (non-hydrogen) atoms. The highest BCUT2D eigenvalue weighted by Crippen LogP contribution is 2.48. The number of pyridine rings is 1. The third kappa shape index (κ3) is 5.90. The quantitative estimate of drug-likeness (QED) is 0.542. The van der Waals surface area contributed by atoms with Gasteiger partial charge in [0.05, 0.1) is 11.8 Å². The number of nitrogens with zero attached hydrogens (tertiary/aromatic N) is 1. The minimum Gasteiger partial charge on any atom is -0.444 e. The number of ether oxygens (including phenoxy) is 1. The smallest absolute Gasteiger partial charge is 0.411 e. The van der Waals surface area contributed by atoms with Crippen LogP contribution in [-0.4, -0.2) is 19.4 Å². The third-order valence-electron chi connectivity index (χ3n) is 5.81. The number of nitrogens with one attached hydrogen (secondary N) is 1. The SMILES string of the molecule is CC(C)(C)[Si](C)(C)OC(c1cc(NC(=O)OCc2ccccc2)ccn1)C1CC1. The minimum absolute atomic E-state index is 0.0158. The van der Waals surface area contributed by atoms with Crippen molar-refractivity contribution in [1.82, 2.24) is 4.98 Å². The van der Waals surface area contributed by atoms with Crippen LogP contribution in [0.5, 0.6) is 0 Å². The monoisotopic (exact) mass is 412 g/mol. The molecule has 1 unspecified atom stereocenters. The van der Waals surface area contributed by atoms with Crippen molar-refractivity contribution in [2.45, 2.75) is 64.5 Å². The summed E-state index contributed by atoms with van der Waals surface area (Å²) in [5, 5.41) is 2.95. The molecule has 0 saturated heterocycles. The molecule has 3 rings (SSSR count). The zero-order chi connectivity index (χ0) is 21.1. The van der Waals surface area contributed by atoms with E-state index in [1.54, 1.807) is 12.3 Å². The molecule has 1 aliphatic rings. The summed E-state index contributed by atoms with van der Waals surface area (Å²) in [7, 11) is -1.93. The van der Waals surface area contributed by atoms with Gasteiger partial charge in [-0.2, -0.15) is 0 Å². The van der Waals surface area contributed by atoms with Crippen LogP contribution >= 0.6 is 0 Å². The largest absolute Gasteiger partial charge is 0.444 e. The van der Waals surface area contributed by atoms with Gasteiger partial charge in [-0.15, -0.1) is 0 Å². The van der Waals surface area contributed by atoms with Crippen molar-refractivity contribution < 1.29 is 14.0 Å². The lowest BCUT2D eigenvalue weighted by Gasteiger charge is -2.39. The number of rotatable bonds is 7. The summed E-state index contributed by atoms with van der Waals surface area (Å²) in [6.07, 6.45) is 3.57. The number of hydrogen-bond acceptors (Lipinski definition) is 4. The maximum absolute atomic E-state index is 12.2. The Morgan fingerprint density at radius 1 is 1.21 bits per heavy atom.